The Bertz CT molecular complexity index is 825. The summed E-state index contributed by atoms with van der Waals surface area (Å²) in [5, 5.41) is 2.90. The number of hydrogen-bond donors (Lipinski definition) is 1. The quantitative estimate of drug-likeness (QED) is 0.655. The van der Waals surface area contributed by atoms with Crippen molar-refractivity contribution in [1.29, 1.82) is 0 Å². The van der Waals surface area contributed by atoms with E-state index in [0.717, 1.165) is 22.3 Å². The number of benzene rings is 2. The number of alkyl carbamates (subject to hydrolysis) is 1. The normalized spacial score (nSPS) is 20.4. The van der Waals surface area contributed by atoms with E-state index in [4.69, 9.17) is 4.74 Å². The summed E-state index contributed by atoms with van der Waals surface area (Å²) in [5.41, 5.74) is 4.00. The molecule has 0 saturated carbocycles. The predicted octanol–water partition coefficient (Wildman–Crippen LogP) is 4.32. The molecule has 1 aliphatic rings. The first-order valence-electron chi connectivity index (χ1n) is 8.10. The van der Waals surface area contributed by atoms with Gasteiger partial charge in [0.15, 0.2) is 6.10 Å². The van der Waals surface area contributed by atoms with E-state index >= 15 is 0 Å². The average molecular weight is 332 g/mol. The second-order valence-electron chi connectivity index (χ2n) is 5.73. The number of hydrogen-bond acceptors (Lipinski definition) is 3. The van der Waals surface area contributed by atoms with E-state index in [0.29, 0.717) is 0 Å². The highest BCUT2D eigenvalue weighted by atomic mass is 16.6. The summed E-state index contributed by atoms with van der Waals surface area (Å²) in [7, 11) is 1.69. The molecule has 2 aromatic rings. The first-order chi connectivity index (χ1) is 12.2. The Morgan fingerprint density at radius 3 is 2.64 bits per heavy atom. The fourth-order valence-corrected chi connectivity index (χ4v) is 2.98. The minimum atomic E-state index is -0.444. The molecule has 0 spiro atoms. The van der Waals surface area contributed by atoms with E-state index in [1.165, 1.54) is 0 Å². The zero-order chi connectivity index (χ0) is 17.6. The van der Waals surface area contributed by atoms with Gasteiger partial charge in [0.2, 0.25) is 0 Å². The number of aliphatic imine (C=N–C) groups is 1. The Kier molecular flexibility index (Phi) is 5.09. The SMILES string of the molecule is C=C/C=C(\C=NC)[C@@H]1OC(=O)N[C@H]1c1cccc(-c2ccccc2)c1. The maximum absolute atomic E-state index is 11.9. The fourth-order valence-electron chi connectivity index (χ4n) is 2.98. The highest BCUT2D eigenvalue weighted by Crippen LogP contribution is 2.31. The number of carbonyl (C=O) groups is 1. The second-order valence-corrected chi connectivity index (χ2v) is 5.73. The number of nitrogens with one attached hydrogen (secondary N) is 1. The lowest BCUT2D eigenvalue weighted by Crippen LogP contribution is -2.24. The van der Waals surface area contributed by atoms with Crippen molar-refractivity contribution >= 4 is 12.3 Å². The van der Waals surface area contributed by atoms with Crippen molar-refractivity contribution in [3.63, 3.8) is 0 Å². The van der Waals surface area contributed by atoms with E-state index in [2.05, 4.69) is 41.2 Å². The van der Waals surface area contributed by atoms with Gasteiger partial charge in [-0.15, -0.1) is 0 Å². The largest absolute Gasteiger partial charge is 0.439 e. The zero-order valence-corrected chi connectivity index (χ0v) is 14.1. The molecule has 126 valence electrons. The monoisotopic (exact) mass is 332 g/mol. The molecule has 4 heteroatoms. The number of ether oxygens (including phenoxy) is 1. The van der Waals surface area contributed by atoms with Gasteiger partial charge in [-0.3, -0.25) is 4.99 Å². The van der Waals surface area contributed by atoms with Gasteiger partial charge in [-0.05, 0) is 22.8 Å². The Morgan fingerprint density at radius 1 is 1.16 bits per heavy atom. The lowest BCUT2D eigenvalue weighted by molar-refractivity contribution is 0.151. The second kappa shape index (κ2) is 7.62. The molecule has 0 unspecified atom stereocenters. The molecule has 3 rings (SSSR count). The van der Waals surface area contributed by atoms with Gasteiger partial charge in [0.05, 0.1) is 6.04 Å². The van der Waals surface area contributed by atoms with Crippen LogP contribution in [0.5, 0.6) is 0 Å². The van der Waals surface area contributed by atoms with Gasteiger partial charge in [-0.2, -0.15) is 0 Å². The molecule has 1 amide bonds. The number of cyclic esters (lactones) is 1. The summed E-state index contributed by atoms with van der Waals surface area (Å²) < 4.78 is 5.48. The van der Waals surface area contributed by atoms with Crippen LogP contribution in [0.1, 0.15) is 11.6 Å². The zero-order valence-electron chi connectivity index (χ0n) is 14.1. The molecule has 4 nitrogen and oxygen atoms in total. The maximum atomic E-state index is 11.9. The van der Waals surface area contributed by atoms with Crippen LogP contribution in [0, 0.1) is 0 Å². The lowest BCUT2D eigenvalue weighted by Gasteiger charge is -2.18. The van der Waals surface area contributed by atoms with Crippen molar-refractivity contribution in [3.05, 3.63) is 84.5 Å². The van der Waals surface area contributed by atoms with Crippen LogP contribution in [0.15, 0.2) is 83.9 Å². The minimum Gasteiger partial charge on any atom is -0.439 e. The van der Waals surface area contributed by atoms with Gasteiger partial charge in [-0.1, -0.05) is 67.3 Å². The van der Waals surface area contributed by atoms with Crippen LogP contribution in [0.25, 0.3) is 11.1 Å². The predicted molar refractivity (Wildman–Crippen MR) is 101 cm³/mol. The number of allylic oxidation sites excluding steroid dienone is 2. The number of amides is 1. The summed E-state index contributed by atoms with van der Waals surface area (Å²) in [5.74, 6) is 0. The minimum absolute atomic E-state index is 0.277. The van der Waals surface area contributed by atoms with Gasteiger partial charge in [0.25, 0.3) is 0 Å². The topological polar surface area (TPSA) is 50.7 Å². The maximum Gasteiger partial charge on any atom is 0.408 e. The molecule has 0 aromatic heterocycles. The van der Waals surface area contributed by atoms with Crippen LogP contribution in [0.4, 0.5) is 4.79 Å². The molecular formula is C21H20N2O2. The van der Waals surface area contributed by atoms with Crippen molar-refractivity contribution in [2.75, 3.05) is 7.05 Å². The molecule has 1 saturated heterocycles. The Balaban J connectivity index is 1.98. The first-order valence-corrected chi connectivity index (χ1v) is 8.10. The lowest BCUT2D eigenvalue weighted by atomic mass is 9.94. The molecule has 1 heterocycles. The van der Waals surface area contributed by atoms with E-state index in [-0.39, 0.29) is 6.04 Å². The third-order valence-electron chi connectivity index (χ3n) is 4.08. The van der Waals surface area contributed by atoms with Crippen LogP contribution in [0.2, 0.25) is 0 Å². The molecule has 1 N–H and O–H groups in total. The summed E-state index contributed by atoms with van der Waals surface area (Å²) in [6, 6.07) is 18.0. The molecule has 1 fully saturated rings. The Labute approximate surface area is 147 Å². The molecule has 0 radical (unpaired) electrons. The summed E-state index contributed by atoms with van der Waals surface area (Å²) in [6.07, 6.45) is 4.30. The van der Waals surface area contributed by atoms with Crippen molar-refractivity contribution in [1.82, 2.24) is 5.32 Å². The average Bonchev–Trinajstić information content (AvgIpc) is 3.04. The Hall–Kier alpha value is -3.14. The molecular weight excluding hydrogens is 312 g/mol. The van der Waals surface area contributed by atoms with E-state index in [9.17, 15) is 4.79 Å². The van der Waals surface area contributed by atoms with Crippen LogP contribution in [0.3, 0.4) is 0 Å². The van der Waals surface area contributed by atoms with E-state index < -0.39 is 12.2 Å². The van der Waals surface area contributed by atoms with Crippen molar-refractivity contribution in [3.8, 4) is 11.1 Å². The van der Waals surface area contributed by atoms with Crippen LogP contribution in [-0.2, 0) is 4.74 Å². The Morgan fingerprint density at radius 2 is 1.92 bits per heavy atom. The summed E-state index contributed by atoms with van der Waals surface area (Å²) in [4.78, 5) is 15.9. The number of nitrogens with zero attached hydrogens (tertiary/aromatic N) is 1. The highest BCUT2D eigenvalue weighted by Gasteiger charge is 2.37. The standard InChI is InChI=1S/C21H20N2O2/c1-3-8-18(14-22-2)20-19(23-21(24)25-20)17-12-7-11-16(13-17)15-9-5-4-6-10-15/h3-14,19-20H,1H2,2H3,(H,23,24)/b18-8+,22-14?/t19-,20-/m0/s1. The molecule has 1 aliphatic heterocycles. The van der Waals surface area contributed by atoms with E-state index in [1.54, 1.807) is 19.3 Å². The van der Waals surface area contributed by atoms with Crippen LogP contribution >= 0.6 is 0 Å². The molecule has 0 aliphatic carbocycles. The number of rotatable bonds is 5. The van der Waals surface area contributed by atoms with Gasteiger partial charge in [0.1, 0.15) is 0 Å². The molecule has 2 atom stereocenters. The van der Waals surface area contributed by atoms with Crippen molar-refractivity contribution < 1.29 is 9.53 Å². The van der Waals surface area contributed by atoms with Gasteiger partial charge < -0.3 is 10.1 Å². The van der Waals surface area contributed by atoms with Crippen molar-refractivity contribution in [2.45, 2.75) is 12.1 Å². The van der Waals surface area contributed by atoms with Crippen LogP contribution in [-0.4, -0.2) is 25.5 Å². The fraction of sp³-hybridized carbons (Fsp3) is 0.143. The third kappa shape index (κ3) is 3.69. The number of carbonyl (C=O) groups excluding carboxylic acids is 1. The van der Waals surface area contributed by atoms with E-state index in [1.807, 2.05) is 36.4 Å². The molecule has 25 heavy (non-hydrogen) atoms. The van der Waals surface area contributed by atoms with Gasteiger partial charge in [-0.25, -0.2) is 4.79 Å². The third-order valence-corrected chi connectivity index (χ3v) is 4.08. The summed E-state index contributed by atoms with van der Waals surface area (Å²) in [6.45, 7) is 3.73. The summed E-state index contributed by atoms with van der Waals surface area (Å²) >= 11 is 0. The van der Waals surface area contributed by atoms with Gasteiger partial charge >= 0.3 is 6.09 Å². The molecule has 2 aromatic carbocycles. The highest BCUT2D eigenvalue weighted by molar-refractivity contribution is 5.83. The van der Waals surface area contributed by atoms with Crippen LogP contribution < -0.4 is 5.32 Å². The van der Waals surface area contributed by atoms with Crippen molar-refractivity contribution in [2.24, 2.45) is 4.99 Å². The smallest absolute Gasteiger partial charge is 0.408 e. The van der Waals surface area contributed by atoms with Gasteiger partial charge in [0, 0.05) is 18.8 Å². The first kappa shape index (κ1) is 16.7. The molecule has 0 bridgehead atoms.